The summed E-state index contributed by atoms with van der Waals surface area (Å²) in [6.45, 7) is 10.0. The van der Waals surface area contributed by atoms with Crippen LogP contribution >= 0.6 is 0 Å². The summed E-state index contributed by atoms with van der Waals surface area (Å²) in [7, 11) is 0. The van der Waals surface area contributed by atoms with Gasteiger partial charge >= 0.3 is 6.09 Å². The third-order valence-corrected chi connectivity index (χ3v) is 2.77. The van der Waals surface area contributed by atoms with Crippen LogP contribution in [0.15, 0.2) is 18.2 Å². The molecule has 0 aliphatic heterocycles. The molecule has 1 aromatic carbocycles. The van der Waals surface area contributed by atoms with E-state index in [4.69, 9.17) is 10.5 Å². The zero-order valence-corrected chi connectivity index (χ0v) is 13.1. The monoisotopic (exact) mass is 278 g/mol. The van der Waals surface area contributed by atoms with Gasteiger partial charge in [0.05, 0.1) is 0 Å². The summed E-state index contributed by atoms with van der Waals surface area (Å²) in [6, 6.07) is 6.24. The Balaban J connectivity index is 2.65. The van der Waals surface area contributed by atoms with E-state index in [1.54, 1.807) is 0 Å². The molecule has 0 heterocycles. The molecular formula is C16H26N2O2. The quantitative estimate of drug-likeness (QED) is 0.890. The maximum Gasteiger partial charge on any atom is 0.407 e. The molecule has 0 radical (unpaired) electrons. The topological polar surface area (TPSA) is 64.3 Å². The Morgan fingerprint density at radius 3 is 2.25 bits per heavy atom. The van der Waals surface area contributed by atoms with Gasteiger partial charge in [-0.25, -0.2) is 4.79 Å². The first kappa shape index (κ1) is 16.5. The van der Waals surface area contributed by atoms with Crippen LogP contribution in [0.5, 0.6) is 0 Å². The zero-order valence-electron chi connectivity index (χ0n) is 13.1. The molecule has 1 amide bonds. The first-order valence-electron chi connectivity index (χ1n) is 6.96. The fraction of sp³-hybridized carbons (Fsp3) is 0.562. The number of aryl methyl sites for hydroxylation is 2. The highest BCUT2D eigenvalue weighted by Crippen LogP contribution is 2.12. The SMILES string of the molecule is Cc1cc(C)cc(CC(CN)NC(=O)OC(C)(C)C)c1. The van der Waals surface area contributed by atoms with Gasteiger partial charge in [0.25, 0.3) is 0 Å². The molecule has 1 atom stereocenters. The van der Waals surface area contributed by atoms with Crippen molar-refractivity contribution in [1.29, 1.82) is 0 Å². The molecule has 0 aliphatic rings. The fourth-order valence-corrected chi connectivity index (χ4v) is 2.14. The number of ether oxygens (including phenoxy) is 1. The van der Waals surface area contributed by atoms with Crippen molar-refractivity contribution in [1.82, 2.24) is 5.32 Å². The third-order valence-electron chi connectivity index (χ3n) is 2.77. The van der Waals surface area contributed by atoms with Crippen LogP contribution in [0, 0.1) is 13.8 Å². The van der Waals surface area contributed by atoms with Crippen LogP contribution in [0.25, 0.3) is 0 Å². The van der Waals surface area contributed by atoms with Crippen LogP contribution < -0.4 is 11.1 Å². The van der Waals surface area contributed by atoms with Crippen LogP contribution in [0.2, 0.25) is 0 Å². The summed E-state index contributed by atoms with van der Waals surface area (Å²) in [5.41, 5.74) is 8.85. The average molecular weight is 278 g/mol. The molecule has 4 heteroatoms. The van der Waals surface area contributed by atoms with Crippen LogP contribution in [-0.4, -0.2) is 24.3 Å². The number of amides is 1. The van der Waals surface area contributed by atoms with Gasteiger partial charge in [-0.1, -0.05) is 29.3 Å². The molecule has 112 valence electrons. The highest BCUT2D eigenvalue weighted by Gasteiger charge is 2.19. The number of hydrogen-bond donors (Lipinski definition) is 2. The molecule has 1 aromatic rings. The van der Waals surface area contributed by atoms with Crippen LogP contribution in [0.4, 0.5) is 4.79 Å². The number of carbonyl (C=O) groups is 1. The molecule has 0 spiro atoms. The van der Waals surface area contributed by atoms with Crippen LogP contribution in [0.3, 0.4) is 0 Å². The Morgan fingerprint density at radius 2 is 1.80 bits per heavy atom. The number of alkyl carbamates (subject to hydrolysis) is 1. The van der Waals surface area contributed by atoms with Crippen molar-refractivity contribution >= 4 is 6.09 Å². The third kappa shape index (κ3) is 6.06. The molecule has 0 fully saturated rings. The lowest BCUT2D eigenvalue weighted by Crippen LogP contribution is -2.44. The molecule has 0 bridgehead atoms. The molecule has 0 saturated heterocycles. The van der Waals surface area contributed by atoms with Crippen molar-refractivity contribution < 1.29 is 9.53 Å². The minimum Gasteiger partial charge on any atom is -0.444 e. The highest BCUT2D eigenvalue weighted by atomic mass is 16.6. The van der Waals surface area contributed by atoms with Gasteiger partial charge in [0, 0.05) is 12.6 Å². The minimum absolute atomic E-state index is 0.119. The van der Waals surface area contributed by atoms with E-state index in [0.717, 1.165) is 0 Å². The van der Waals surface area contributed by atoms with Gasteiger partial charge in [-0.3, -0.25) is 0 Å². The number of carbonyl (C=O) groups excluding carboxylic acids is 1. The van der Waals surface area contributed by atoms with Crippen LogP contribution in [-0.2, 0) is 11.2 Å². The van der Waals surface area contributed by atoms with Crippen molar-refractivity contribution in [2.45, 2.75) is 52.7 Å². The molecule has 1 rings (SSSR count). The van der Waals surface area contributed by atoms with Crippen molar-refractivity contribution in [2.75, 3.05) is 6.54 Å². The molecule has 3 N–H and O–H groups in total. The van der Waals surface area contributed by atoms with E-state index in [1.165, 1.54) is 16.7 Å². The van der Waals surface area contributed by atoms with E-state index in [-0.39, 0.29) is 6.04 Å². The second kappa shape index (κ2) is 6.75. The standard InChI is InChI=1S/C16H26N2O2/c1-11-6-12(2)8-13(7-11)9-14(10-17)18-15(19)20-16(3,4)5/h6-8,14H,9-10,17H2,1-5H3,(H,18,19). The van der Waals surface area contributed by atoms with Crippen molar-refractivity contribution in [2.24, 2.45) is 5.73 Å². The summed E-state index contributed by atoms with van der Waals surface area (Å²) in [4.78, 5) is 11.8. The first-order valence-corrected chi connectivity index (χ1v) is 6.96. The van der Waals surface area contributed by atoms with E-state index in [9.17, 15) is 4.79 Å². The molecule has 0 aromatic heterocycles. The van der Waals surface area contributed by atoms with Gasteiger partial charge in [-0.2, -0.15) is 0 Å². The predicted molar refractivity (Wildman–Crippen MR) is 81.8 cm³/mol. The van der Waals surface area contributed by atoms with E-state index >= 15 is 0 Å². The van der Waals surface area contributed by atoms with E-state index in [2.05, 4.69) is 37.4 Å². The summed E-state index contributed by atoms with van der Waals surface area (Å²) < 4.78 is 5.25. The van der Waals surface area contributed by atoms with Gasteiger partial charge < -0.3 is 15.8 Å². The zero-order chi connectivity index (χ0) is 15.3. The normalized spacial score (nSPS) is 12.9. The number of rotatable bonds is 4. The summed E-state index contributed by atoms with van der Waals surface area (Å²) >= 11 is 0. The lowest BCUT2D eigenvalue weighted by Gasteiger charge is -2.23. The molecule has 0 aliphatic carbocycles. The van der Waals surface area contributed by atoms with E-state index in [0.29, 0.717) is 13.0 Å². The first-order chi connectivity index (χ1) is 9.19. The smallest absolute Gasteiger partial charge is 0.407 e. The van der Waals surface area contributed by atoms with Gasteiger partial charge in [-0.05, 0) is 46.6 Å². The second-order valence-electron chi connectivity index (χ2n) is 6.28. The van der Waals surface area contributed by atoms with Gasteiger partial charge in [-0.15, -0.1) is 0 Å². The molecule has 20 heavy (non-hydrogen) atoms. The summed E-state index contributed by atoms with van der Waals surface area (Å²) in [5, 5.41) is 2.82. The largest absolute Gasteiger partial charge is 0.444 e. The second-order valence-corrected chi connectivity index (χ2v) is 6.28. The van der Waals surface area contributed by atoms with Crippen molar-refractivity contribution in [3.63, 3.8) is 0 Å². The summed E-state index contributed by atoms with van der Waals surface area (Å²) in [6.07, 6.45) is 0.287. The number of nitrogens with one attached hydrogen (secondary N) is 1. The van der Waals surface area contributed by atoms with E-state index < -0.39 is 11.7 Å². The van der Waals surface area contributed by atoms with Gasteiger partial charge in [0.15, 0.2) is 0 Å². The molecular weight excluding hydrogens is 252 g/mol. The Kier molecular flexibility index (Phi) is 5.57. The molecule has 4 nitrogen and oxygen atoms in total. The molecule has 0 saturated carbocycles. The maximum absolute atomic E-state index is 11.8. The summed E-state index contributed by atoms with van der Waals surface area (Å²) in [5.74, 6) is 0. The maximum atomic E-state index is 11.8. The Labute approximate surface area is 121 Å². The van der Waals surface area contributed by atoms with Gasteiger partial charge in [0.1, 0.15) is 5.60 Å². The van der Waals surface area contributed by atoms with E-state index in [1.807, 2.05) is 20.8 Å². The Morgan fingerprint density at radius 1 is 1.25 bits per heavy atom. The minimum atomic E-state index is -0.497. The van der Waals surface area contributed by atoms with Crippen molar-refractivity contribution in [3.8, 4) is 0 Å². The predicted octanol–water partition coefficient (Wildman–Crippen LogP) is 2.70. The van der Waals surface area contributed by atoms with Crippen LogP contribution in [0.1, 0.15) is 37.5 Å². The lowest BCUT2D eigenvalue weighted by atomic mass is 10.0. The molecule has 1 unspecified atom stereocenters. The van der Waals surface area contributed by atoms with Crippen molar-refractivity contribution in [3.05, 3.63) is 34.9 Å². The fourth-order valence-electron chi connectivity index (χ4n) is 2.14. The highest BCUT2D eigenvalue weighted by molar-refractivity contribution is 5.68. The Hall–Kier alpha value is -1.55. The number of hydrogen-bond acceptors (Lipinski definition) is 3. The average Bonchev–Trinajstić information content (AvgIpc) is 2.23. The Bertz CT molecular complexity index is 444. The van der Waals surface area contributed by atoms with Gasteiger partial charge in [0.2, 0.25) is 0 Å². The lowest BCUT2D eigenvalue weighted by molar-refractivity contribution is 0.0506. The number of benzene rings is 1. The number of nitrogens with two attached hydrogens (primary N) is 1.